The van der Waals surface area contributed by atoms with Gasteiger partial charge in [0.05, 0.1) is 0 Å². The van der Waals surface area contributed by atoms with Crippen LogP contribution in [-0.4, -0.2) is 8.42 Å². The van der Waals surface area contributed by atoms with E-state index in [9.17, 15) is 17.2 Å². The Labute approximate surface area is 121 Å². The van der Waals surface area contributed by atoms with Crippen LogP contribution in [0.4, 0.5) is 14.5 Å². The second-order valence-electron chi connectivity index (χ2n) is 4.58. The number of aryl methyl sites for hydroxylation is 1. The van der Waals surface area contributed by atoms with E-state index in [1.54, 1.807) is 12.1 Å². The zero-order chi connectivity index (χ0) is 15.6. The number of sulfonamides is 1. The molecule has 0 aliphatic heterocycles. The third-order valence-corrected chi connectivity index (χ3v) is 4.39. The number of benzene rings is 2. The molecule has 0 atom stereocenters. The highest BCUT2D eigenvalue weighted by atomic mass is 32.2. The topological polar surface area (TPSA) is 72.2 Å². The van der Waals surface area contributed by atoms with Crippen LogP contribution in [0, 0.1) is 18.6 Å². The van der Waals surface area contributed by atoms with E-state index in [1.165, 1.54) is 0 Å². The standard InChI is InChI=1S/C14H14F2N2O2S/c1-9-2-4-10(5-3-9)8-18-21(19,20)12-7-6-11(15)14(17)13(12)16/h2-7,18H,8,17H2,1H3. The maximum Gasteiger partial charge on any atom is 0.243 e. The number of anilines is 1. The van der Waals surface area contributed by atoms with E-state index in [-0.39, 0.29) is 6.54 Å². The number of rotatable bonds is 4. The number of hydrogen-bond donors (Lipinski definition) is 2. The fraction of sp³-hybridized carbons (Fsp3) is 0.143. The summed E-state index contributed by atoms with van der Waals surface area (Å²) in [5.74, 6) is -2.28. The summed E-state index contributed by atoms with van der Waals surface area (Å²) in [5.41, 5.74) is 6.11. The van der Waals surface area contributed by atoms with Crippen LogP contribution in [0.5, 0.6) is 0 Å². The van der Waals surface area contributed by atoms with E-state index in [2.05, 4.69) is 4.72 Å². The predicted molar refractivity (Wildman–Crippen MR) is 76.0 cm³/mol. The fourth-order valence-electron chi connectivity index (χ4n) is 1.72. The summed E-state index contributed by atoms with van der Waals surface area (Å²) in [7, 11) is -4.11. The van der Waals surface area contributed by atoms with Crippen molar-refractivity contribution in [3.05, 3.63) is 59.2 Å². The minimum atomic E-state index is -4.11. The van der Waals surface area contributed by atoms with Gasteiger partial charge in [0.2, 0.25) is 10.0 Å². The Morgan fingerprint density at radius 2 is 1.71 bits per heavy atom. The lowest BCUT2D eigenvalue weighted by molar-refractivity contribution is 0.548. The van der Waals surface area contributed by atoms with Gasteiger partial charge in [0.25, 0.3) is 0 Å². The molecule has 0 spiro atoms. The van der Waals surface area contributed by atoms with E-state index in [4.69, 9.17) is 5.73 Å². The van der Waals surface area contributed by atoms with Crippen molar-refractivity contribution < 1.29 is 17.2 Å². The number of halogens is 2. The van der Waals surface area contributed by atoms with E-state index in [1.807, 2.05) is 19.1 Å². The van der Waals surface area contributed by atoms with Gasteiger partial charge in [-0.3, -0.25) is 0 Å². The maximum absolute atomic E-state index is 13.8. The van der Waals surface area contributed by atoms with Gasteiger partial charge in [0.15, 0.2) is 5.82 Å². The van der Waals surface area contributed by atoms with Crippen LogP contribution in [-0.2, 0) is 16.6 Å². The van der Waals surface area contributed by atoms with Crippen molar-refractivity contribution in [3.8, 4) is 0 Å². The third-order valence-electron chi connectivity index (χ3n) is 2.97. The summed E-state index contributed by atoms with van der Waals surface area (Å²) in [4.78, 5) is -0.673. The van der Waals surface area contributed by atoms with Crippen LogP contribution in [0.25, 0.3) is 0 Å². The van der Waals surface area contributed by atoms with E-state index >= 15 is 0 Å². The Morgan fingerprint density at radius 1 is 1.10 bits per heavy atom. The molecule has 0 aliphatic carbocycles. The Hall–Kier alpha value is -1.99. The summed E-state index contributed by atoms with van der Waals surface area (Å²) in [6, 6.07) is 8.85. The summed E-state index contributed by atoms with van der Waals surface area (Å²) in [6.45, 7) is 1.91. The minimum Gasteiger partial charge on any atom is -0.394 e. The van der Waals surface area contributed by atoms with Crippen LogP contribution in [0.15, 0.2) is 41.3 Å². The first-order chi connectivity index (χ1) is 9.81. The second kappa shape index (κ2) is 5.79. The Bertz CT molecular complexity index is 759. The van der Waals surface area contributed by atoms with Crippen LogP contribution >= 0.6 is 0 Å². The lowest BCUT2D eigenvalue weighted by Gasteiger charge is -2.09. The molecule has 0 heterocycles. The molecule has 0 radical (unpaired) electrons. The number of nitrogens with two attached hydrogens (primary N) is 1. The maximum atomic E-state index is 13.8. The molecular weight excluding hydrogens is 298 g/mol. The van der Waals surface area contributed by atoms with Crippen molar-refractivity contribution in [2.45, 2.75) is 18.4 Å². The molecule has 0 aromatic heterocycles. The van der Waals surface area contributed by atoms with Crippen LogP contribution < -0.4 is 10.5 Å². The molecule has 3 N–H and O–H groups in total. The van der Waals surface area contributed by atoms with Gasteiger partial charge in [-0.2, -0.15) is 0 Å². The molecular formula is C14H14F2N2O2S. The minimum absolute atomic E-state index is 0.000660. The van der Waals surface area contributed by atoms with Gasteiger partial charge in [-0.05, 0) is 24.6 Å². The van der Waals surface area contributed by atoms with Crippen molar-refractivity contribution >= 4 is 15.7 Å². The summed E-state index contributed by atoms with van der Waals surface area (Å²) < 4.78 is 53.1. The third kappa shape index (κ3) is 3.37. The molecule has 0 saturated heterocycles. The normalized spacial score (nSPS) is 11.6. The summed E-state index contributed by atoms with van der Waals surface area (Å²) >= 11 is 0. The zero-order valence-electron chi connectivity index (χ0n) is 11.2. The number of hydrogen-bond acceptors (Lipinski definition) is 3. The lowest BCUT2D eigenvalue weighted by Crippen LogP contribution is -2.24. The molecule has 0 bridgehead atoms. The van der Waals surface area contributed by atoms with Crippen molar-refractivity contribution in [2.75, 3.05) is 5.73 Å². The van der Waals surface area contributed by atoms with Crippen LogP contribution in [0.3, 0.4) is 0 Å². The van der Waals surface area contributed by atoms with Gasteiger partial charge in [-0.15, -0.1) is 0 Å². The highest BCUT2D eigenvalue weighted by Crippen LogP contribution is 2.22. The van der Waals surface area contributed by atoms with Gasteiger partial charge in [-0.25, -0.2) is 21.9 Å². The van der Waals surface area contributed by atoms with Gasteiger partial charge in [0, 0.05) is 6.54 Å². The molecule has 0 saturated carbocycles. The molecule has 0 fully saturated rings. The van der Waals surface area contributed by atoms with Crippen molar-refractivity contribution in [1.82, 2.24) is 4.72 Å². The van der Waals surface area contributed by atoms with Gasteiger partial charge >= 0.3 is 0 Å². The smallest absolute Gasteiger partial charge is 0.243 e. The summed E-state index contributed by atoms with van der Waals surface area (Å²) in [5, 5.41) is 0. The quantitative estimate of drug-likeness (QED) is 0.851. The van der Waals surface area contributed by atoms with Crippen LogP contribution in [0.1, 0.15) is 11.1 Å². The Morgan fingerprint density at radius 3 is 2.33 bits per heavy atom. The Kier molecular flexibility index (Phi) is 4.24. The molecule has 112 valence electrons. The first kappa shape index (κ1) is 15.4. The highest BCUT2D eigenvalue weighted by molar-refractivity contribution is 7.89. The second-order valence-corrected chi connectivity index (χ2v) is 6.32. The summed E-state index contributed by atoms with van der Waals surface area (Å²) in [6.07, 6.45) is 0. The number of nitrogens with one attached hydrogen (secondary N) is 1. The predicted octanol–water partition coefficient (Wildman–Crippen LogP) is 2.33. The monoisotopic (exact) mass is 312 g/mol. The molecule has 2 aromatic rings. The molecule has 7 heteroatoms. The Balaban J connectivity index is 2.23. The molecule has 0 aliphatic rings. The van der Waals surface area contributed by atoms with Crippen molar-refractivity contribution in [1.29, 1.82) is 0 Å². The average Bonchev–Trinajstić information content (AvgIpc) is 2.44. The molecule has 0 amide bonds. The molecule has 21 heavy (non-hydrogen) atoms. The van der Waals surface area contributed by atoms with Gasteiger partial charge < -0.3 is 5.73 Å². The highest BCUT2D eigenvalue weighted by Gasteiger charge is 2.22. The average molecular weight is 312 g/mol. The lowest BCUT2D eigenvalue weighted by atomic mass is 10.2. The van der Waals surface area contributed by atoms with E-state index < -0.39 is 32.2 Å². The van der Waals surface area contributed by atoms with E-state index in [0.717, 1.165) is 23.3 Å². The van der Waals surface area contributed by atoms with Gasteiger partial charge in [0.1, 0.15) is 16.4 Å². The first-order valence-corrected chi connectivity index (χ1v) is 7.58. The molecule has 4 nitrogen and oxygen atoms in total. The van der Waals surface area contributed by atoms with Gasteiger partial charge in [-0.1, -0.05) is 29.8 Å². The van der Waals surface area contributed by atoms with E-state index in [0.29, 0.717) is 0 Å². The molecule has 2 aromatic carbocycles. The largest absolute Gasteiger partial charge is 0.394 e. The molecule has 2 rings (SSSR count). The number of nitrogen functional groups attached to an aromatic ring is 1. The zero-order valence-corrected chi connectivity index (χ0v) is 12.0. The SMILES string of the molecule is Cc1ccc(CNS(=O)(=O)c2ccc(F)c(N)c2F)cc1. The first-order valence-electron chi connectivity index (χ1n) is 6.10. The fourth-order valence-corrected chi connectivity index (χ4v) is 2.82. The van der Waals surface area contributed by atoms with Crippen molar-refractivity contribution in [2.24, 2.45) is 0 Å². The molecule has 0 unspecified atom stereocenters. The van der Waals surface area contributed by atoms with Crippen LogP contribution in [0.2, 0.25) is 0 Å². The van der Waals surface area contributed by atoms with Crippen molar-refractivity contribution in [3.63, 3.8) is 0 Å².